The number of phenols is 1. The zero-order valence-electron chi connectivity index (χ0n) is 27.5. The molecule has 2 aliphatic rings. The van der Waals surface area contributed by atoms with E-state index >= 15 is 0 Å². The van der Waals surface area contributed by atoms with E-state index in [-0.39, 0.29) is 6.42 Å². The molecule has 126 valence electrons. The summed E-state index contributed by atoms with van der Waals surface area (Å²) in [5, 5.41) is 11.1. The van der Waals surface area contributed by atoms with E-state index in [0.717, 1.165) is 13.8 Å². The normalized spacial score (nSPS) is 46.4. The third-order valence-electron chi connectivity index (χ3n) is 3.80. The van der Waals surface area contributed by atoms with E-state index in [0.29, 0.717) is 12.8 Å². The molecule has 0 saturated heterocycles. The first-order chi connectivity index (χ1) is 16.4. The highest BCUT2D eigenvalue weighted by molar-refractivity contribution is 5.53. The van der Waals surface area contributed by atoms with Gasteiger partial charge in [0.25, 0.3) is 0 Å². The standard InChI is InChI=1S/C21H30O2/c1-5-6-7-8-15-12-18(22)20-16-11-14(2)9-10-17(16)21(3,4)23-19(20)13-15/h11-13,16-17,22H,5-10H2,1-4H3/t16-,17-/m1/s1/i2D3,8D2,9D2,10D2,11D,12D,13D,16D,17D. The molecule has 1 N–H and O–H groups in total. The second kappa shape index (κ2) is 6.22. The Balaban J connectivity index is 2.61. The number of phenolic OH excluding ortho intramolecular Hbond substituents is 1. The summed E-state index contributed by atoms with van der Waals surface area (Å²) in [7, 11) is 0. The molecule has 23 heavy (non-hydrogen) atoms. The van der Waals surface area contributed by atoms with Crippen molar-refractivity contribution < 1.29 is 29.0 Å². The summed E-state index contributed by atoms with van der Waals surface area (Å²) in [6, 6.07) is -2.99. The molecule has 1 aliphatic heterocycles. The fourth-order valence-electron chi connectivity index (χ4n) is 2.63. The first-order valence-electron chi connectivity index (χ1n) is 14.7. The topological polar surface area (TPSA) is 29.5 Å². The largest absolute Gasteiger partial charge is 0.507 e. The van der Waals surface area contributed by atoms with E-state index in [9.17, 15) is 7.85 Å². The van der Waals surface area contributed by atoms with Gasteiger partial charge in [-0.05, 0) is 63.9 Å². The molecule has 2 atom stereocenters. The fraction of sp³-hybridized carbons (Fsp3) is 0.619. The third kappa shape index (κ3) is 3.13. The van der Waals surface area contributed by atoms with Crippen LogP contribution in [0.4, 0.5) is 0 Å². The van der Waals surface area contributed by atoms with Crippen LogP contribution in [-0.4, -0.2) is 10.7 Å². The molecule has 0 radical (unpaired) electrons. The van der Waals surface area contributed by atoms with Crippen LogP contribution in [0.1, 0.15) is 95.8 Å². The molecule has 1 aromatic carbocycles. The minimum Gasteiger partial charge on any atom is -0.507 e. The molecule has 2 nitrogen and oxygen atoms in total. The number of hydrogen-bond donors (Lipinski definition) is 1. The number of allylic oxidation sites excluding steroid dienone is 2. The van der Waals surface area contributed by atoms with E-state index in [1.807, 2.05) is 6.92 Å². The fourth-order valence-corrected chi connectivity index (χ4v) is 2.63. The molecule has 0 aromatic heterocycles. The maximum Gasteiger partial charge on any atom is 0.127 e. The number of aromatic hydroxyl groups is 1. The van der Waals surface area contributed by atoms with Gasteiger partial charge in [0.2, 0.25) is 0 Å². The van der Waals surface area contributed by atoms with Gasteiger partial charge < -0.3 is 9.84 Å². The van der Waals surface area contributed by atoms with Gasteiger partial charge in [-0.1, -0.05) is 31.4 Å². The van der Waals surface area contributed by atoms with Gasteiger partial charge in [0, 0.05) is 32.4 Å². The molecule has 0 bridgehead atoms. The minimum absolute atomic E-state index is 0.118. The van der Waals surface area contributed by atoms with Gasteiger partial charge in [-0.15, -0.1) is 0 Å². The summed E-state index contributed by atoms with van der Waals surface area (Å²) >= 11 is 0. The molecule has 0 unspecified atom stereocenters. The molecule has 2 heteroatoms. The number of unbranched alkanes of at least 4 members (excludes halogenated alkanes) is 1. The molecular formula is C21H30O2. The minimum atomic E-state index is -3.50. The molecule has 1 heterocycles. The Kier molecular flexibility index (Phi) is 1.75. The van der Waals surface area contributed by atoms with Gasteiger partial charge >= 0.3 is 0 Å². The van der Waals surface area contributed by atoms with Gasteiger partial charge in [0.15, 0.2) is 0 Å². The number of ether oxygens (including phenoxy) is 1. The lowest BCUT2D eigenvalue weighted by Gasteiger charge is -2.46. The first kappa shape index (κ1) is 6.46. The van der Waals surface area contributed by atoms with Crippen LogP contribution in [0, 0.1) is 5.89 Å². The smallest absolute Gasteiger partial charge is 0.127 e. The van der Waals surface area contributed by atoms with Crippen LogP contribution in [0.5, 0.6) is 11.5 Å². The Morgan fingerprint density at radius 2 is 2.35 bits per heavy atom. The van der Waals surface area contributed by atoms with E-state index in [4.69, 9.17) is 21.2 Å². The van der Waals surface area contributed by atoms with E-state index in [1.54, 1.807) is 0 Å². The molecule has 0 spiro atoms. The van der Waals surface area contributed by atoms with Gasteiger partial charge in [-0.2, -0.15) is 0 Å². The van der Waals surface area contributed by atoms with Crippen molar-refractivity contribution in [1.29, 1.82) is 0 Å². The van der Waals surface area contributed by atoms with Crippen LogP contribution in [0.15, 0.2) is 23.7 Å². The lowest BCUT2D eigenvalue weighted by molar-refractivity contribution is 0.0107. The molecular weight excluding hydrogens is 284 g/mol. The average molecular weight is 329 g/mol. The van der Waals surface area contributed by atoms with Crippen LogP contribution in [-0.2, 0) is 6.37 Å². The zero-order chi connectivity index (χ0) is 28.9. The summed E-state index contributed by atoms with van der Waals surface area (Å²) in [6.07, 6.45) is -8.38. The van der Waals surface area contributed by atoms with E-state index in [2.05, 4.69) is 0 Å². The van der Waals surface area contributed by atoms with Crippen LogP contribution in [0.25, 0.3) is 0 Å². The van der Waals surface area contributed by atoms with Crippen molar-refractivity contribution in [3.8, 4) is 11.5 Å². The summed E-state index contributed by atoms with van der Waals surface area (Å²) in [5.41, 5.74) is -5.04. The second-order valence-corrected chi connectivity index (χ2v) is 6.07. The predicted octanol–water partition coefficient (Wildman–Crippen LogP) is 5.74. The molecule has 1 aromatic rings. The van der Waals surface area contributed by atoms with Crippen molar-refractivity contribution in [2.24, 2.45) is 5.89 Å². The van der Waals surface area contributed by atoms with Crippen LogP contribution < -0.4 is 4.74 Å². The Bertz CT molecular complexity index is 1170. The van der Waals surface area contributed by atoms with Crippen molar-refractivity contribution >= 4 is 0 Å². The molecule has 0 saturated carbocycles. The van der Waals surface area contributed by atoms with Crippen LogP contribution in [0.3, 0.4) is 0 Å². The Labute approximate surface area is 160 Å². The maximum atomic E-state index is 11.1. The Hall–Kier alpha value is -1.44. The number of hydrogen-bond acceptors (Lipinski definition) is 2. The Morgan fingerprint density at radius 1 is 1.52 bits per heavy atom. The molecule has 3 rings (SSSR count). The van der Waals surface area contributed by atoms with Crippen LogP contribution in [0.2, 0.25) is 0 Å². The number of fused-ring (bicyclic) bond motifs is 3. The molecule has 1 aliphatic carbocycles. The molecule has 0 amide bonds. The quantitative estimate of drug-likeness (QED) is 0.715. The number of benzene rings is 1. The molecule has 0 fully saturated rings. The summed E-state index contributed by atoms with van der Waals surface area (Å²) in [5.74, 6) is -8.11. The maximum absolute atomic E-state index is 11.1. The third-order valence-corrected chi connectivity index (χ3v) is 3.80. The van der Waals surface area contributed by atoms with E-state index < -0.39 is 89.7 Å². The highest BCUT2D eigenvalue weighted by atomic mass is 16.5. The van der Waals surface area contributed by atoms with Crippen molar-refractivity contribution in [3.63, 3.8) is 0 Å². The van der Waals surface area contributed by atoms with Gasteiger partial charge in [-0.3, -0.25) is 0 Å². The van der Waals surface area contributed by atoms with Gasteiger partial charge in [0.1, 0.15) is 17.1 Å². The highest BCUT2D eigenvalue weighted by Gasteiger charge is 2.45. The second-order valence-electron chi connectivity index (χ2n) is 6.07. The SMILES string of the molecule is [2H]C1=C(C([2H])([2H])[2H])C([2H])([2H])C([2H])([2H])[C@@]2([2H])C(C)(C)Oc3c([2H])c(C([2H])([2H])CCCC)c([2H])c(O)c3[C@]12[2H]. The van der Waals surface area contributed by atoms with Crippen molar-refractivity contribution in [2.45, 2.75) is 77.5 Å². The average Bonchev–Trinajstić information content (AvgIpc) is 2.71. The zero-order valence-corrected chi connectivity index (χ0v) is 13.5. The Morgan fingerprint density at radius 3 is 3.09 bits per heavy atom. The van der Waals surface area contributed by atoms with Crippen molar-refractivity contribution in [1.82, 2.24) is 0 Å². The lowest BCUT2D eigenvalue weighted by Crippen LogP contribution is -2.45. The summed E-state index contributed by atoms with van der Waals surface area (Å²) in [6.45, 7) is 0.661. The van der Waals surface area contributed by atoms with Crippen molar-refractivity contribution in [3.05, 3.63) is 34.8 Å². The highest BCUT2D eigenvalue weighted by Crippen LogP contribution is 2.53. The van der Waals surface area contributed by atoms with Gasteiger partial charge in [0.05, 0.1) is 4.11 Å². The van der Waals surface area contributed by atoms with E-state index in [1.165, 1.54) is 0 Å². The summed E-state index contributed by atoms with van der Waals surface area (Å²) in [4.78, 5) is 0. The predicted molar refractivity (Wildman–Crippen MR) is 95.3 cm³/mol. The first-order valence-corrected chi connectivity index (χ1v) is 7.69. The number of rotatable bonds is 4. The van der Waals surface area contributed by atoms with Crippen LogP contribution >= 0.6 is 0 Å². The van der Waals surface area contributed by atoms with Gasteiger partial charge in [-0.25, -0.2) is 0 Å². The summed E-state index contributed by atoms with van der Waals surface area (Å²) < 4.78 is 125. The monoisotopic (exact) mass is 328 g/mol. The lowest BCUT2D eigenvalue weighted by atomic mass is 9.68. The van der Waals surface area contributed by atoms with Crippen molar-refractivity contribution in [2.75, 3.05) is 0 Å².